The number of nitriles is 1. The molecule has 1 amide bonds. The van der Waals surface area contributed by atoms with E-state index in [1.54, 1.807) is 24.1 Å². The SMILES string of the molecule is Cc1cc(N)cc(C(=O)N(C)C(C)CC#N)c1. The Balaban J connectivity index is 2.93. The third-order valence-electron chi connectivity index (χ3n) is 2.71. The second-order valence-corrected chi connectivity index (χ2v) is 4.26. The van der Waals surface area contributed by atoms with E-state index in [2.05, 4.69) is 6.07 Å². The first-order valence-corrected chi connectivity index (χ1v) is 5.47. The summed E-state index contributed by atoms with van der Waals surface area (Å²) in [6, 6.07) is 7.23. The molecular formula is C13H17N3O. The zero-order valence-corrected chi connectivity index (χ0v) is 10.4. The molecule has 0 aromatic heterocycles. The van der Waals surface area contributed by atoms with Gasteiger partial charge in [0.15, 0.2) is 0 Å². The molecule has 1 rings (SSSR count). The summed E-state index contributed by atoms with van der Waals surface area (Å²) in [7, 11) is 1.70. The minimum Gasteiger partial charge on any atom is -0.399 e. The molecule has 90 valence electrons. The van der Waals surface area contributed by atoms with Crippen LogP contribution in [-0.2, 0) is 0 Å². The van der Waals surface area contributed by atoms with Gasteiger partial charge in [-0.2, -0.15) is 5.26 Å². The average molecular weight is 231 g/mol. The summed E-state index contributed by atoms with van der Waals surface area (Å²) in [5.74, 6) is -0.108. The molecule has 0 saturated heterocycles. The van der Waals surface area contributed by atoms with Crippen LogP contribution in [0, 0.1) is 18.3 Å². The molecule has 0 heterocycles. The fourth-order valence-corrected chi connectivity index (χ4v) is 1.61. The number of hydrogen-bond donors (Lipinski definition) is 1. The third-order valence-corrected chi connectivity index (χ3v) is 2.71. The highest BCUT2D eigenvalue weighted by Gasteiger charge is 2.17. The van der Waals surface area contributed by atoms with E-state index in [0.717, 1.165) is 5.56 Å². The summed E-state index contributed by atoms with van der Waals surface area (Å²) >= 11 is 0. The maximum Gasteiger partial charge on any atom is 0.253 e. The van der Waals surface area contributed by atoms with Crippen LogP contribution in [0.4, 0.5) is 5.69 Å². The number of nitrogens with zero attached hydrogens (tertiary/aromatic N) is 2. The molecule has 0 radical (unpaired) electrons. The van der Waals surface area contributed by atoms with Gasteiger partial charge in [0.2, 0.25) is 0 Å². The highest BCUT2D eigenvalue weighted by Crippen LogP contribution is 2.14. The minimum atomic E-state index is -0.108. The summed E-state index contributed by atoms with van der Waals surface area (Å²) in [6.07, 6.45) is 0.323. The van der Waals surface area contributed by atoms with E-state index >= 15 is 0 Å². The summed E-state index contributed by atoms with van der Waals surface area (Å²) in [6.45, 7) is 3.74. The van der Waals surface area contributed by atoms with Gasteiger partial charge in [0.25, 0.3) is 5.91 Å². The van der Waals surface area contributed by atoms with Crippen LogP contribution in [0.1, 0.15) is 29.3 Å². The van der Waals surface area contributed by atoms with E-state index in [4.69, 9.17) is 11.0 Å². The van der Waals surface area contributed by atoms with Crippen molar-refractivity contribution in [2.45, 2.75) is 26.3 Å². The molecule has 0 aliphatic heterocycles. The molecule has 0 saturated carbocycles. The van der Waals surface area contributed by atoms with Crippen LogP contribution in [0.15, 0.2) is 18.2 Å². The lowest BCUT2D eigenvalue weighted by Crippen LogP contribution is -2.34. The monoisotopic (exact) mass is 231 g/mol. The fraction of sp³-hybridized carbons (Fsp3) is 0.385. The number of rotatable bonds is 3. The number of hydrogen-bond acceptors (Lipinski definition) is 3. The molecule has 4 heteroatoms. The van der Waals surface area contributed by atoms with Crippen molar-refractivity contribution < 1.29 is 4.79 Å². The highest BCUT2D eigenvalue weighted by atomic mass is 16.2. The van der Waals surface area contributed by atoms with Crippen LogP contribution in [-0.4, -0.2) is 23.9 Å². The van der Waals surface area contributed by atoms with Gasteiger partial charge in [-0.1, -0.05) is 0 Å². The average Bonchev–Trinajstić information content (AvgIpc) is 2.26. The van der Waals surface area contributed by atoms with Crippen LogP contribution >= 0.6 is 0 Å². The first-order chi connectivity index (χ1) is 7.95. The highest BCUT2D eigenvalue weighted by molar-refractivity contribution is 5.95. The molecule has 1 unspecified atom stereocenters. The van der Waals surface area contributed by atoms with E-state index in [-0.39, 0.29) is 11.9 Å². The number of benzene rings is 1. The summed E-state index contributed by atoms with van der Waals surface area (Å²) in [5, 5.41) is 8.62. The minimum absolute atomic E-state index is 0.103. The van der Waals surface area contributed by atoms with E-state index in [1.807, 2.05) is 19.9 Å². The van der Waals surface area contributed by atoms with Gasteiger partial charge in [-0.25, -0.2) is 0 Å². The quantitative estimate of drug-likeness (QED) is 0.808. The molecule has 0 spiro atoms. The predicted octanol–water partition coefficient (Wildman–Crippen LogP) is 1.95. The molecule has 17 heavy (non-hydrogen) atoms. The normalized spacial score (nSPS) is 11.6. The summed E-state index contributed by atoms with van der Waals surface area (Å²) < 4.78 is 0. The van der Waals surface area contributed by atoms with Crippen molar-refractivity contribution >= 4 is 11.6 Å². The predicted molar refractivity (Wildman–Crippen MR) is 67.4 cm³/mol. The van der Waals surface area contributed by atoms with Crippen LogP contribution in [0.3, 0.4) is 0 Å². The van der Waals surface area contributed by atoms with Gasteiger partial charge in [0.1, 0.15) is 0 Å². The lowest BCUT2D eigenvalue weighted by atomic mass is 10.1. The molecule has 0 aliphatic carbocycles. The maximum absolute atomic E-state index is 12.1. The van der Waals surface area contributed by atoms with Gasteiger partial charge in [-0.05, 0) is 37.6 Å². The first-order valence-electron chi connectivity index (χ1n) is 5.47. The molecule has 2 N–H and O–H groups in total. The molecular weight excluding hydrogens is 214 g/mol. The standard InChI is InChI=1S/C13H17N3O/c1-9-6-11(8-12(15)7-9)13(17)16(3)10(2)4-5-14/h6-8,10H,4,15H2,1-3H3. The summed E-state index contributed by atoms with van der Waals surface area (Å²) in [4.78, 5) is 13.7. The Morgan fingerprint density at radius 2 is 2.18 bits per heavy atom. The Labute approximate surface area is 102 Å². The Bertz CT molecular complexity index is 442. The lowest BCUT2D eigenvalue weighted by molar-refractivity contribution is 0.0746. The Hall–Kier alpha value is -2.02. The molecule has 0 bridgehead atoms. The van der Waals surface area contributed by atoms with Crippen molar-refractivity contribution in [3.63, 3.8) is 0 Å². The van der Waals surface area contributed by atoms with Gasteiger partial charge in [0, 0.05) is 24.3 Å². The van der Waals surface area contributed by atoms with Gasteiger partial charge >= 0.3 is 0 Å². The maximum atomic E-state index is 12.1. The molecule has 1 atom stereocenters. The number of nitrogen functional groups attached to an aromatic ring is 1. The number of carbonyl (C=O) groups excluding carboxylic acids is 1. The number of carbonyl (C=O) groups is 1. The van der Waals surface area contributed by atoms with E-state index in [0.29, 0.717) is 17.7 Å². The Morgan fingerprint density at radius 3 is 2.71 bits per heavy atom. The third kappa shape index (κ3) is 3.22. The molecule has 1 aromatic carbocycles. The molecule has 4 nitrogen and oxygen atoms in total. The van der Waals surface area contributed by atoms with Crippen LogP contribution in [0.5, 0.6) is 0 Å². The van der Waals surface area contributed by atoms with Crippen molar-refractivity contribution in [3.8, 4) is 6.07 Å². The second-order valence-electron chi connectivity index (χ2n) is 4.26. The largest absolute Gasteiger partial charge is 0.399 e. The smallest absolute Gasteiger partial charge is 0.253 e. The molecule has 0 aliphatic rings. The zero-order chi connectivity index (χ0) is 13.0. The van der Waals surface area contributed by atoms with Crippen molar-refractivity contribution in [1.29, 1.82) is 5.26 Å². The first kappa shape index (κ1) is 13.0. The van der Waals surface area contributed by atoms with Crippen molar-refractivity contribution in [3.05, 3.63) is 29.3 Å². The van der Waals surface area contributed by atoms with Gasteiger partial charge in [-0.3, -0.25) is 4.79 Å². The van der Waals surface area contributed by atoms with Crippen LogP contribution in [0.25, 0.3) is 0 Å². The number of anilines is 1. The van der Waals surface area contributed by atoms with Gasteiger partial charge in [0.05, 0.1) is 12.5 Å². The number of aryl methyl sites for hydroxylation is 1. The summed E-state index contributed by atoms with van der Waals surface area (Å²) in [5.41, 5.74) is 7.81. The second kappa shape index (κ2) is 5.35. The van der Waals surface area contributed by atoms with E-state index < -0.39 is 0 Å². The number of amides is 1. The lowest BCUT2D eigenvalue weighted by Gasteiger charge is -2.23. The van der Waals surface area contributed by atoms with Crippen molar-refractivity contribution in [2.75, 3.05) is 12.8 Å². The number of nitrogens with two attached hydrogens (primary N) is 1. The topological polar surface area (TPSA) is 70.1 Å². The Kier molecular flexibility index (Phi) is 4.11. The molecule has 1 aromatic rings. The molecule has 0 fully saturated rings. The van der Waals surface area contributed by atoms with E-state index in [1.165, 1.54) is 0 Å². The van der Waals surface area contributed by atoms with Gasteiger partial charge in [-0.15, -0.1) is 0 Å². The zero-order valence-electron chi connectivity index (χ0n) is 10.4. The van der Waals surface area contributed by atoms with Gasteiger partial charge < -0.3 is 10.6 Å². The van der Waals surface area contributed by atoms with Crippen LogP contribution < -0.4 is 5.73 Å². The fourth-order valence-electron chi connectivity index (χ4n) is 1.61. The van der Waals surface area contributed by atoms with Crippen molar-refractivity contribution in [2.24, 2.45) is 0 Å². The van der Waals surface area contributed by atoms with E-state index in [9.17, 15) is 4.79 Å². The van der Waals surface area contributed by atoms with Crippen LogP contribution in [0.2, 0.25) is 0 Å². The Morgan fingerprint density at radius 1 is 1.53 bits per heavy atom. The van der Waals surface area contributed by atoms with Crippen molar-refractivity contribution in [1.82, 2.24) is 4.90 Å².